The minimum absolute atomic E-state index is 0.0761. The SMILES string of the molecule is CCCCCCCCCC(=O)OC[C@@H](O)COP(=O)(O)OCCN. The van der Waals surface area contributed by atoms with Gasteiger partial charge in [0, 0.05) is 13.0 Å². The van der Waals surface area contributed by atoms with Gasteiger partial charge in [0.2, 0.25) is 0 Å². The number of unbranched alkanes of at least 4 members (excludes halogenated alkanes) is 6. The Morgan fingerprint density at radius 2 is 1.71 bits per heavy atom. The summed E-state index contributed by atoms with van der Waals surface area (Å²) in [6.07, 6.45) is 6.85. The van der Waals surface area contributed by atoms with Crippen LogP contribution in [0.1, 0.15) is 58.3 Å². The van der Waals surface area contributed by atoms with Gasteiger partial charge in [0.25, 0.3) is 0 Å². The Balaban J connectivity index is 3.62. The van der Waals surface area contributed by atoms with Crippen molar-refractivity contribution in [1.82, 2.24) is 0 Å². The number of phosphoric acid groups is 1. The minimum atomic E-state index is -4.22. The third kappa shape index (κ3) is 15.1. The van der Waals surface area contributed by atoms with Crippen molar-refractivity contribution in [2.75, 3.05) is 26.4 Å². The summed E-state index contributed by atoms with van der Waals surface area (Å²) in [6, 6.07) is 0. The van der Waals surface area contributed by atoms with Gasteiger partial charge in [-0.05, 0) is 6.42 Å². The zero-order valence-electron chi connectivity index (χ0n) is 14.5. The van der Waals surface area contributed by atoms with E-state index in [1.165, 1.54) is 25.7 Å². The van der Waals surface area contributed by atoms with Crippen LogP contribution < -0.4 is 5.73 Å². The number of phosphoric ester groups is 1. The summed E-state index contributed by atoms with van der Waals surface area (Å²) in [6.45, 7) is 1.36. The maximum atomic E-state index is 11.5. The predicted molar refractivity (Wildman–Crippen MR) is 90.4 cm³/mol. The summed E-state index contributed by atoms with van der Waals surface area (Å²) < 4.78 is 25.3. The predicted octanol–water partition coefficient (Wildman–Crippen LogP) is 2.12. The van der Waals surface area contributed by atoms with Crippen LogP contribution in [0, 0.1) is 0 Å². The molecule has 0 saturated carbocycles. The number of esters is 1. The van der Waals surface area contributed by atoms with E-state index in [2.05, 4.69) is 16.0 Å². The molecule has 24 heavy (non-hydrogen) atoms. The summed E-state index contributed by atoms with van der Waals surface area (Å²) >= 11 is 0. The fourth-order valence-electron chi connectivity index (χ4n) is 1.92. The molecular weight excluding hydrogens is 337 g/mol. The Bertz CT molecular complexity index is 368. The van der Waals surface area contributed by atoms with Crippen LogP contribution in [-0.2, 0) is 23.1 Å². The highest BCUT2D eigenvalue weighted by atomic mass is 31.2. The van der Waals surface area contributed by atoms with Gasteiger partial charge in [-0.25, -0.2) is 4.57 Å². The first kappa shape index (κ1) is 23.5. The summed E-state index contributed by atoms with van der Waals surface area (Å²) in [5, 5.41) is 9.56. The van der Waals surface area contributed by atoms with Crippen molar-refractivity contribution >= 4 is 13.8 Å². The average Bonchev–Trinajstić information content (AvgIpc) is 2.55. The van der Waals surface area contributed by atoms with Crippen molar-refractivity contribution in [1.29, 1.82) is 0 Å². The number of aliphatic hydroxyl groups is 1. The van der Waals surface area contributed by atoms with Crippen molar-refractivity contribution in [2.45, 2.75) is 64.4 Å². The van der Waals surface area contributed by atoms with E-state index in [0.717, 1.165) is 19.3 Å². The molecule has 0 aromatic heterocycles. The molecule has 9 heteroatoms. The maximum absolute atomic E-state index is 11.5. The topological polar surface area (TPSA) is 128 Å². The molecule has 2 atom stereocenters. The molecule has 0 radical (unpaired) electrons. The van der Waals surface area contributed by atoms with Crippen LogP contribution in [-0.4, -0.2) is 48.4 Å². The Morgan fingerprint density at radius 3 is 2.33 bits per heavy atom. The quantitative estimate of drug-likeness (QED) is 0.214. The standard InChI is InChI=1S/C15H32NO7P/c1-2-3-4-5-6-7-8-9-15(18)21-12-14(17)13-23-24(19,20)22-11-10-16/h14,17H,2-13,16H2,1H3,(H,19,20)/t14-/m1/s1. The van der Waals surface area contributed by atoms with Gasteiger partial charge in [0.05, 0.1) is 13.2 Å². The number of ether oxygens (including phenoxy) is 1. The molecule has 0 amide bonds. The third-order valence-corrected chi connectivity index (χ3v) is 4.21. The molecule has 0 aromatic rings. The molecule has 0 aliphatic carbocycles. The van der Waals surface area contributed by atoms with Gasteiger partial charge in [-0.1, -0.05) is 45.4 Å². The minimum Gasteiger partial charge on any atom is -0.463 e. The molecule has 0 fully saturated rings. The number of rotatable bonds is 16. The number of carbonyl (C=O) groups excluding carboxylic acids is 1. The highest BCUT2D eigenvalue weighted by Gasteiger charge is 2.22. The molecule has 0 spiro atoms. The number of hydrogen-bond donors (Lipinski definition) is 3. The van der Waals surface area contributed by atoms with Crippen LogP contribution in [0.25, 0.3) is 0 Å². The molecule has 0 rings (SSSR count). The Hall–Kier alpha value is -0.500. The average molecular weight is 369 g/mol. The molecule has 0 aromatic carbocycles. The summed E-state index contributed by atoms with van der Waals surface area (Å²) in [5.41, 5.74) is 5.13. The summed E-state index contributed by atoms with van der Waals surface area (Å²) in [5.74, 6) is -0.394. The first-order valence-electron chi connectivity index (χ1n) is 8.57. The van der Waals surface area contributed by atoms with Crippen molar-refractivity contribution in [3.63, 3.8) is 0 Å². The van der Waals surface area contributed by atoms with E-state index in [1.807, 2.05) is 0 Å². The fourth-order valence-corrected chi connectivity index (χ4v) is 2.69. The first-order valence-corrected chi connectivity index (χ1v) is 10.1. The van der Waals surface area contributed by atoms with Crippen molar-refractivity contribution in [3.8, 4) is 0 Å². The smallest absolute Gasteiger partial charge is 0.463 e. The molecule has 1 unspecified atom stereocenters. The van der Waals surface area contributed by atoms with Gasteiger partial charge in [0.1, 0.15) is 12.7 Å². The van der Waals surface area contributed by atoms with Crippen LogP contribution in [0.4, 0.5) is 0 Å². The molecule has 4 N–H and O–H groups in total. The van der Waals surface area contributed by atoms with Gasteiger partial charge in [-0.3, -0.25) is 13.8 Å². The summed E-state index contributed by atoms with van der Waals surface area (Å²) in [7, 11) is -4.22. The maximum Gasteiger partial charge on any atom is 0.472 e. The second-order valence-corrected chi connectivity index (χ2v) is 7.05. The highest BCUT2D eigenvalue weighted by molar-refractivity contribution is 7.47. The number of carbonyl (C=O) groups is 1. The molecule has 0 heterocycles. The monoisotopic (exact) mass is 369 g/mol. The molecule has 0 saturated heterocycles. The number of hydrogen-bond acceptors (Lipinski definition) is 7. The molecule has 0 aliphatic heterocycles. The lowest BCUT2D eigenvalue weighted by atomic mass is 10.1. The van der Waals surface area contributed by atoms with Crippen LogP contribution in [0.3, 0.4) is 0 Å². The second kappa shape index (κ2) is 14.8. The Labute approximate surface area is 144 Å². The van der Waals surface area contributed by atoms with E-state index >= 15 is 0 Å². The zero-order valence-corrected chi connectivity index (χ0v) is 15.4. The van der Waals surface area contributed by atoms with E-state index in [4.69, 9.17) is 10.5 Å². The van der Waals surface area contributed by atoms with Gasteiger partial charge in [-0.15, -0.1) is 0 Å². The van der Waals surface area contributed by atoms with Crippen LogP contribution in [0.5, 0.6) is 0 Å². The van der Waals surface area contributed by atoms with Gasteiger partial charge in [0.15, 0.2) is 0 Å². The van der Waals surface area contributed by atoms with E-state index in [0.29, 0.717) is 6.42 Å². The molecular formula is C15H32NO7P. The largest absolute Gasteiger partial charge is 0.472 e. The van der Waals surface area contributed by atoms with Crippen LogP contribution >= 0.6 is 7.82 Å². The van der Waals surface area contributed by atoms with E-state index < -0.39 is 26.5 Å². The fraction of sp³-hybridized carbons (Fsp3) is 0.933. The lowest BCUT2D eigenvalue weighted by Crippen LogP contribution is -2.23. The second-order valence-electron chi connectivity index (χ2n) is 5.59. The van der Waals surface area contributed by atoms with Crippen molar-refractivity contribution in [3.05, 3.63) is 0 Å². The first-order chi connectivity index (χ1) is 11.4. The lowest BCUT2D eigenvalue weighted by molar-refractivity contribution is -0.147. The summed E-state index contributed by atoms with van der Waals surface area (Å²) in [4.78, 5) is 20.7. The number of aliphatic hydroxyl groups excluding tert-OH is 1. The zero-order chi connectivity index (χ0) is 18.3. The van der Waals surface area contributed by atoms with E-state index in [-0.39, 0.29) is 19.8 Å². The van der Waals surface area contributed by atoms with Crippen LogP contribution in [0.2, 0.25) is 0 Å². The Morgan fingerprint density at radius 1 is 1.08 bits per heavy atom. The van der Waals surface area contributed by atoms with E-state index in [9.17, 15) is 19.4 Å². The highest BCUT2D eigenvalue weighted by Crippen LogP contribution is 2.42. The molecule has 0 aliphatic rings. The van der Waals surface area contributed by atoms with Crippen molar-refractivity contribution < 1.29 is 33.1 Å². The van der Waals surface area contributed by atoms with E-state index in [1.54, 1.807) is 0 Å². The normalized spacial score (nSPS) is 15.0. The lowest BCUT2D eigenvalue weighted by Gasteiger charge is -2.15. The molecule has 144 valence electrons. The van der Waals surface area contributed by atoms with Gasteiger partial charge in [-0.2, -0.15) is 0 Å². The van der Waals surface area contributed by atoms with Crippen LogP contribution in [0.15, 0.2) is 0 Å². The molecule has 0 bridgehead atoms. The van der Waals surface area contributed by atoms with Crippen molar-refractivity contribution in [2.24, 2.45) is 5.73 Å². The van der Waals surface area contributed by atoms with Gasteiger partial charge >= 0.3 is 13.8 Å². The molecule has 8 nitrogen and oxygen atoms in total. The van der Waals surface area contributed by atoms with Gasteiger partial charge < -0.3 is 20.5 Å². The third-order valence-electron chi connectivity index (χ3n) is 3.22. The Kier molecular flexibility index (Phi) is 14.5. The number of nitrogens with two attached hydrogens (primary N) is 1.